The highest BCUT2D eigenvalue weighted by atomic mass is 16.3. The number of aliphatic hydroxyl groups is 1. The van der Waals surface area contributed by atoms with Crippen molar-refractivity contribution in [3.63, 3.8) is 0 Å². The maximum Gasteiger partial charge on any atom is 0.262 e. The SMILES string of the molecule is CC(C)(C)CNc1nc(Nc2cnccn2)cc2ccn(CCO)c(=O)c12. The van der Waals surface area contributed by atoms with E-state index in [1.807, 2.05) is 6.07 Å². The molecule has 27 heavy (non-hydrogen) atoms. The average molecular weight is 368 g/mol. The molecule has 0 aliphatic carbocycles. The summed E-state index contributed by atoms with van der Waals surface area (Å²) in [7, 11) is 0. The Morgan fingerprint density at radius 3 is 2.70 bits per heavy atom. The molecule has 3 rings (SSSR count). The molecule has 3 aromatic heterocycles. The second-order valence-electron chi connectivity index (χ2n) is 7.49. The summed E-state index contributed by atoms with van der Waals surface area (Å²) in [5, 5.41) is 16.9. The number of hydrogen-bond donors (Lipinski definition) is 3. The van der Waals surface area contributed by atoms with Crippen molar-refractivity contribution in [2.45, 2.75) is 27.3 Å². The van der Waals surface area contributed by atoms with Crippen LogP contribution in [0.3, 0.4) is 0 Å². The van der Waals surface area contributed by atoms with Crippen LogP contribution in [0.4, 0.5) is 17.5 Å². The van der Waals surface area contributed by atoms with Gasteiger partial charge < -0.3 is 20.3 Å². The van der Waals surface area contributed by atoms with Gasteiger partial charge >= 0.3 is 0 Å². The fourth-order valence-electron chi connectivity index (χ4n) is 2.62. The molecule has 0 radical (unpaired) electrons. The van der Waals surface area contributed by atoms with Gasteiger partial charge in [0.25, 0.3) is 5.56 Å². The van der Waals surface area contributed by atoms with Crippen molar-refractivity contribution in [1.82, 2.24) is 19.5 Å². The minimum absolute atomic E-state index is 0.0151. The first-order valence-corrected chi connectivity index (χ1v) is 8.79. The third-order valence-electron chi connectivity index (χ3n) is 3.91. The van der Waals surface area contributed by atoms with Crippen molar-refractivity contribution >= 4 is 28.2 Å². The summed E-state index contributed by atoms with van der Waals surface area (Å²) in [5.41, 5.74) is -0.169. The lowest BCUT2D eigenvalue weighted by atomic mass is 9.97. The molecule has 0 aliphatic heterocycles. The Labute approximate surface area is 157 Å². The van der Waals surface area contributed by atoms with Crippen molar-refractivity contribution in [2.75, 3.05) is 23.8 Å². The van der Waals surface area contributed by atoms with E-state index in [0.717, 1.165) is 5.39 Å². The molecule has 8 heteroatoms. The summed E-state index contributed by atoms with van der Waals surface area (Å²) >= 11 is 0. The van der Waals surface area contributed by atoms with Crippen LogP contribution in [0.15, 0.2) is 41.7 Å². The van der Waals surface area contributed by atoms with E-state index in [-0.39, 0.29) is 24.1 Å². The molecule has 0 saturated heterocycles. The topological polar surface area (TPSA) is 105 Å². The van der Waals surface area contributed by atoms with Crippen LogP contribution in [-0.2, 0) is 6.54 Å². The predicted octanol–water partition coefficient (Wildman–Crippen LogP) is 2.38. The molecule has 0 aromatic carbocycles. The monoisotopic (exact) mass is 368 g/mol. The van der Waals surface area contributed by atoms with Crippen molar-refractivity contribution in [2.24, 2.45) is 5.41 Å². The van der Waals surface area contributed by atoms with Crippen molar-refractivity contribution in [1.29, 1.82) is 0 Å². The first-order chi connectivity index (χ1) is 12.9. The number of aliphatic hydroxyl groups excluding tert-OH is 1. The molecule has 0 aliphatic rings. The van der Waals surface area contributed by atoms with Crippen LogP contribution >= 0.6 is 0 Å². The second-order valence-corrected chi connectivity index (χ2v) is 7.49. The third-order valence-corrected chi connectivity index (χ3v) is 3.91. The molecule has 3 aromatic rings. The standard InChI is InChI=1S/C19H24N6O2/c1-19(2,3)12-22-17-16-13(4-7-25(8-9-26)18(16)27)10-14(24-17)23-15-11-20-5-6-21-15/h4-7,10-11,26H,8-9,12H2,1-3H3,(H2,21,22,23,24). The molecule has 0 bridgehead atoms. The molecular formula is C19H24N6O2. The number of fused-ring (bicyclic) bond motifs is 1. The number of nitrogens with one attached hydrogen (secondary N) is 2. The zero-order valence-electron chi connectivity index (χ0n) is 15.7. The molecule has 0 amide bonds. The fraction of sp³-hybridized carbons (Fsp3) is 0.368. The van der Waals surface area contributed by atoms with Crippen LogP contribution in [0.5, 0.6) is 0 Å². The third kappa shape index (κ3) is 4.59. The number of aromatic nitrogens is 4. The van der Waals surface area contributed by atoms with Crippen LogP contribution < -0.4 is 16.2 Å². The number of rotatable bonds is 6. The number of nitrogens with zero attached hydrogens (tertiary/aromatic N) is 4. The maximum absolute atomic E-state index is 12.9. The summed E-state index contributed by atoms with van der Waals surface area (Å²) in [4.78, 5) is 25.7. The van der Waals surface area contributed by atoms with Crippen molar-refractivity contribution in [3.8, 4) is 0 Å². The average Bonchev–Trinajstić information content (AvgIpc) is 2.62. The van der Waals surface area contributed by atoms with Gasteiger partial charge in [-0.2, -0.15) is 0 Å². The summed E-state index contributed by atoms with van der Waals surface area (Å²) in [5.74, 6) is 1.64. The Balaban J connectivity index is 2.09. The number of pyridine rings is 2. The molecular weight excluding hydrogens is 344 g/mol. The van der Waals surface area contributed by atoms with Gasteiger partial charge in [0.1, 0.15) is 17.5 Å². The lowest BCUT2D eigenvalue weighted by Crippen LogP contribution is -2.24. The molecule has 0 spiro atoms. The van der Waals surface area contributed by atoms with Gasteiger partial charge in [-0.05, 0) is 22.9 Å². The van der Waals surface area contributed by atoms with Crippen molar-refractivity contribution < 1.29 is 5.11 Å². The van der Waals surface area contributed by atoms with E-state index in [1.165, 1.54) is 4.57 Å². The molecule has 0 atom stereocenters. The van der Waals surface area contributed by atoms with E-state index in [4.69, 9.17) is 0 Å². The minimum Gasteiger partial charge on any atom is -0.395 e. The Bertz CT molecular complexity index is 979. The maximum atomic E-state index is 12.9. The Morgan fingerprint density at radius 2 is 2.04 bits per heavy atom. The summed E-state index contributed by atoms with van der Waals surface area (Å²) in [6.07, 6.45) is 6.47. The quantitative estimate of drug-likeness (QED) is 0.613. The van der Waals surface area contributed by atoms with Crippen LogP contribution in [0.2, 0.25) is 0 Å². The summed E-state index contributed by atoms with van der Waals surface area (Å²) < 4.78 is 1.49. The van der Waals surface area contributed by atoms with Gasteiger partial charge in [0.05, 0.1) is 18.2 Å². The molecule has 142 valence electrons. The summed E-state index contributed by atoms with van der Waals surface area (Å²) in [6, 6.07) is 3.65. The van der Waals surface area contributed by atoms with Crippen LogP contribution in [0, 0.1) is 5.41 Å². The highest BCUT2D eigenvalue weighted by molar-refractivity contribution is 5.93. The molecule has 3 heterocycles. The lowest BCUT2D eigenvalue weighted by molar-refractivity contribution is 0.274. The van der Waals surface area contributed by atoms with Crippen molar-refractivity contribution in [3.05, 3.63) is 47.3 Å². The van der Waals surface area contributed by atoms with E-state index in [0.29, 0.717) is 29.4 Å². The smallest absolute Gasteiger partial charge is 0.262 e. The van der Waals surface area contributed by atoms with Gasteiger partial charge in [0, 0.05) is 31.7 Å². The first kappa shape index (κ1) is 18.8. The predicted molar refractivity (Wildman–Crippen MR) is 106 cm³/mol. The minimum atomic E-state index is -0.184. The Morgan fingerprint density at radius 1 is 1.22 bits per heavy atom. The Kier molecular flexibility index (Phi) is 5.36. The molecule has 3 N–H and O–H groups in total. The van der Waals surface area contributed by atoms with Crippen LogP contribution in [0.25, 0.3) is 10.8 Å². The van der Waals surface area contributed by atoms with E-state index in [9.17, 15) is 9.90 Å². The van der Waals surface area contributed by atoms with Gasteiger partial charge in [-0.15, -0.1) is 0 Å². The van der Waals surface area contributed by atoms with Gasteiger partial charge in [-0.3, -0.25) is 9.78 Å². The van der Waals surface area contributed by atoms with E-state index >= 15 is 0 Å². The highest BCUT2D eigenvalue weighted by Gasteiger charge is 2.15. The molecule has 0 saturated carbocycles. The van der Waals surface area contributed by atoms with Gasteiger partial charge in [0.2, 0.25) is 0 Å². The lowest BCUT2D eigenvalue weighted by Gasteiger charge is -2.20. The molecule has 0 fully saturated rings. The Hall–Kier alpha value is -3.00. The number of anilines is 3. The van der Waals surface area contributed by atoms with Crippen LogP contribution in [0.1, 0.15) is 20.8 Å². The van der Waals surface area contributed by atoms with E-state index in [1.54, 1.807) is 30.9 Å². The highest BCUT2D eigenvalue weighted by Crippen LogP contribution is 2.25. The van der Waals surface area contributed by atoms with E-state index in [2.05, 4.69) is 46.4 Å². The van der Waals surface area contributed by atoms with Gasteiger partial charge in [0.15, 0.2) is 0 Å². The number of hydrogen-bond acceptors (Lipinski definition) is 7. The van der Waals surface area contributed by atoms with E-state index < -0.39 is 0 Å². The molecule has 8 nitrogen and oxygen atoms in total. The normalized spacial score (nSPS) is 11.6. The van der Waals surface area contributed by atoms with Gasteiger partial charge in [-0.1, -0.05) is 20.8 Å². The largest absolute Gasteiger partial charge is 0.395 e. The fourth-order valence-corrected chi connectivity index (χ4v) is 2.62. The molecule has 0 unspecified atom stereocenters. The zero-order chi connectivity index (χ0) is 19.4. The first-order valence-electron chi connectivity index (χ1n) is 8.79. The summed E-state index contributed by atoms with van der Waals surface area (Å²) in [6.45, 7) is 7.11. The van der Waals surface area contributed by atoms with Crippen LogP contribution in [-0.4, -0.2) is 37.8 Å². The zero-order valence-corrected chi connectivity index (χ0v) is 15.7. The van der Waals surface area contributed by atoms with Gasteiger partial charge in [-0.25, -0.2) is 9.97 Å². The second kappa shape index (κ2) is 7.71.